The van der Waals surface area contributed by atoms with E-state index in [1.807, 2.05) is 13.0 Å². The van der Waals surface area contributed by atoms with Crippen molar-refractivity contribution in [3.05, 3.63) is 88.0 Å². The molecule has 0 radical (unpaired) electrons. The van der Waals surface area contributed by atoms with E-state index in [0.29, 0.717) is 17.9 Å². The number of ether oxygens (including phenoxy) is 2. The van der Waals surface area contributed by atoms with Crippen molar-refractivity contribution >= 4 is 25.6 Å². The molecular formula is C27H29NO9S2. The number of nitrogens with zero attached hydrogens (tertiary/aromatic N) is 1. The third-order valence-electron chi connectivity index (χ3n) is 6.74. The summed E-state index contributed by atoms with van der Waals surface area (Å²) < 4.78 is 68.9. The van der Waals surface area contributed by atoms with Crippen LogP contribution in [-0.2, 0) is 24.1 Å². The Balaban J connectivity index is 1.58. The molecule has 0 N–H and O–H groups in total. The van der Waals surface area contributed by atoms with Gasteiger partial charge in [0, 0.05) is 17.7 Å². The summed E-state index contributed by atoms with van der Waals surface area (Å²) in [5.41, 5.74) is 1.34. The minimum atomic E-state index is -4.26. The van der Waals surface area contributed by atoms with Gasteiger partial charge in [0.2, 0.25) is 0 Å². The molecule has 4 rings (SSSR count). The molecule has 208 valence electrons. The van der Waals surface area contributed by atoms with Crippen molar-refractivity contribution in [1.29, 1.82) is 0 Å². The molecule has 0 bridgehead atoms. The van der Waals surface area contributed by atoms with Crippen LogP contribution in [0.1, 0.15) is 36.8 Å². The van der Waals surface area contributed by atoms with Crippen LogP contribution in [0.4, 0.5) is 5.69 Å². The highest BCUT2D eigenvalue weighted by Crippen LogP contribution is 2.43. The Kier molecular flexibility index (Phi) is 8.28. The van der Waals surface area contributed by atoms with E-state index in [2.05, 4.69) is 0 Å². The molecule has 0 amide bonds. The molecule has 1 aliphatic heterocycles. The van der Waals surface area contributed by atoms with Gasteiger partial charge < -0.3 is 9.47 Å². The van der Waals surface area contributed by atoms with E-state index in [4.69, 9.17) is 13.7 Å². The van der Waals surface area contributed by atoms with E-state index >= 15 is 0 Å². The highest BCUT2D eigenvalue weighted by molar-refractivity contribution is 7.91. The van der Waals surface area contributed by atoms with Gasteiger partial charge in [-0.15, -0.1) is 0 Å². The maximum absolute atomic E-state index is 13.0. The zero-order chi connectivity index (χ0) is 28.4. The second kappa shape index (κ2) is 11.3. The van der Waals surface area contributed by atoms with Crippen LogP contribution in [0.3, 0.4) is 0 Å². The largest absolute Gasteiger partial charge is 0.496 e. The fourth-order valence-corrected chi connectivity index (χ4v) is 7.10. The van der Waals surface area contributed by atoms with E-state index in [9.17, 15) is 26.9 Å². The number of nitro benzene ring substituents is 1. The predicted molar refractivity (Wildman–Crippen MR) is 143 cm³/mol. The van der Waals surface area contributed by atoms with Crippen molar-refractivity contribution in [1.82, 2.24) is 0 Å². The van der Waals surface area contributed by atoms with Crippen LogP contribution in [0.25, 0.3) is 0 Å². The van der Waals surface area contributed by atoms with Gasteiger partial charge in [0.05, 0.1) is 27.6 Å². The number of non-ortho nitro benzene ring substituents is 1. The second-order valence-corrected chi connectivity index (χ2v) is 13.1. The number of benzene rings is 3. The SMILES string of the molecule is COc1cc2c(cc1C)O[C@@H]([C@H](C)OS(=O)(=O)c1ccc([N+](=O)[O-])cc1)C[C@H]2CCS(=O)(=O)c1ccccc1. The summed E-state index contributed by atoms with van der Waals surface area (Å²) in [6, 6.07) is 16.2. The predicted octanol–water partition coefficient (Wildman–Crippen LogP) is 4.80. The van der Waals surface area contributed by atoms with Crippen LogP contribution in [-0.4, -0.2) is 46.8 Å². The smallest absolute Gasteiger partial charge is 0.297 e. The summed E-state index contributed by atoms with van der Waals surface area (Å²) in [5, 5.41) is 10.9. The standard InChI is InChI=1S/C27H29NO9S2/c1-18-15-27-24(17-25(18)35-3)20(13-14-38(31,32)22-7-5-4-6-8-22)16-26(36-27)19(2)37-39(33,34)23-11-9-21(10-12-23)28(29)30/h4-12,15,17,19-20,26H,13-14,16H2,1-3H3/t19-,20+,26+/m0/s1. The molecule has 3 aromatic rings. The normalized spacial score (nSPS) is 18.0. The lowest BCUT2D eigenvalue weighted by Crippen LogP contribution is -2.38. The Hall–Kier alpha value is -3.48. The Morgan fingerprint density at radius 2 is 1.69 bits per heavy atom. The molecule has 0 saturated heterocycles. The van der Waals surface area contributed by atoms with Crippen molar-refractivity contribution in [2.75, 3.05) is 12.9 Å². The number of methoxy groups -OCH3 is 1. The van der Waals surface area contributed by atoms with Gasteiger partial charge in [-0.3, -0.25) is 14.3 Å². The molecule has 1 heterocycles. The van der Waals surface area contributed by atoms with E-state index in [1.54, 1.807) is 50.4 Å². The van der Waals surface area contributed by atoms with Gasteiger partial charge in [0.15, 0.2) is 9.84 Å². The molecule has 10 nitrogen and oxygen atoms in total. The quantitative estimate of drug-likeness (QED) is 0.189. The average Bonchev–Trinajstić information content (AvgIpc) is 2.91. The zero-order valence-corrected chi connectivity index (χ0v) is 23.3. The van der Waals surface area contributed by atoms with Gasteiger partial charge in [-0.1, -0.05) is 18.2 Å². The van der Waals surface area contributed by atoms with Crippen LogP contribution in [0.2, 0.25) is 0 Å². The van der Waals surface area contributed by atoms with Crippen molar-refractivity contribution in [2.45, 2.75) is 54.6 Å². The van der Waals surface area contributed by atoms with Gasteiger partial charge in [0.25, 0.3) is 15.8 Å². The number of sulfone groups is 1. The van der Waals surface area contributed by atoms with Crippen LogP contribution in [0.5, 0.6) is 11.5 Å². The van der Waals surface area contributed by atoms with E-state index in [0.717, 1.165) is 35.4 Å². The number of aryl methyl sites for hydroxylation is 1. The maximum atomic E-state index is 13.0. The molecule has 0 spiro atoms. The lowest BCUT2D eigenvalue weighted by Gasteiger charge is -2.35. The van der Waals surface area contributed by atoms with Crippen LogP contribution in [0, 0.1) is 17.0 Å². The molecule has 0 aliphatic carbocycles. The Bertz CT molecular complexity index is 1550. The van der Waals surface area contributed by atoms with E-state index < -0.39 is 37.1 Å². The zero-order valence-electron chi connectivity index (χ0n) is 21.6. The van der Waals surface area contributed by atoms with Crippen molar-refractivity contribution in [2.24, 2.45) is 0 Å². The van der Waals surface area contributed by atoms with Crippen molar-refractivity contribution < 1.29 is 35.4 Å². The van der Waals surface area contributed by atoms with Gasteiger partial charge in [0.1, 0.15) is 23.7 Å². The summed E-state index contributed by atoms with van der Waals surface area (Å²) in [6.45, 7) is 3.41. The molecule has 0 aromatic heterocycles. The topological polar surface area (TPSA) is 139 Å². The molecule has 0 saturated carbocycles. The fourth-order valence-electron chi connectivity index (χ4n) is 4.59. The molecule has 12 heteroatoms. The Morgan fingerprint density at radius 3 is 2.31 bits per heavy atom. The number of fused-ring (bicyclic) bond motifs is 1. The lowest BCUT2D eigenvalue weighted by atomic mass is 9.85. The Morgan fingerprint density at radius 1 is 1.03 bits per heavy atom. The molecule has 1 aliphatic rings. The molecule has 0 fully saturated rings. The van der Waals surface area contributed by atoms with Gasteiger partial charge in [-0.2, -0.15) is 8.42 Å². The highest BCUT2D eigenvalue weighted by Gasteiger charge is 2.36. The van der Waals surface area contributed by atoms with Gasteiger partial charge >= 0.3 is 0 Å². The number of rotatable bonds is 10. The molecule has 3 aromatic carbocycles. The van der Waals surface area contributed by atoms with Crippen LogP contribution in [0.15, 0.2) is 76.5 Å². The first-order valence-corrected chi connectivity index (χ1v) is 15.3. The first-order chi connectivity index (χ1) is 18.4. The maximum Gasteiger partial charge on any atom is 0.297 e. The first-order valence-electron chi connectivity index (χ1n) is 12.2. The molecule has 0 unspecified atom stereocenters. The number of nitro groups is 1. The highest BCUT2D eigenvalue weighted by atomic mass is 32.2. The average molecular weight is 576 g/mol. The lowest BCUT2D eigenvalue weighted by molar-refractivity contribution is -0.384. The summed E-state index contributed by atoms with van der Waals surface area (Å²) in [7, 11) is -6.25. The second-order valence-electron chi connectivity index (χ2n) is 9.38. The van der Waals surface area contributed by atoms with Crippen molar-refractivity contribution in [3.63, 3.8) is 0 Å². The first kappa shape index (κ1) is 28.5. The number of hydrogen-bond acceptors (Lipinski definition) is 9. The Labute approximate surface area is 227 Å². The van der Waals surface area contributed by atoms with Gasteiger partial charge in [-0.25, -0.2) is 8.42 Å². The third kappa shape index (κ3) is 6.40. The minimum Gasteiger partial charge on any atom is -0.496 e. The fraction of sp³-hybridized carbons (Fsp3) is 0.333. The molecule has 39 heavy (non-hydrogen) atoms. The minimum absolute atomic E-state index is 0.111. The van der Waals surface area contributed by atoms with E-state index in [1.165, 1.54) is 0 Å². The monoisotopic (exact) mass is 575 g/mol. The van der Waals surface area contributed by atoms with Crippen LogP contribution < -0.4 is 9.47 Å². The van der Waals surface area contributed by atoms with Crippen LogP contribution >= 0.6 is 0 Å². The molecule has 3 atom stereocenters. The van der Waals surface area contributed by atoms with Gasteiger partial charge in [-0.05, 0) is 74.6 Å². The summed E-state index contributed by atoms with van der Waals surface area (Å²) in [4.78, 5) is 10.3. The van der Waals surface area contributed by atoms with E-state index in [-0.39, 0.29) is 33.6 Å². The summed E-state index contributed by atoms with van der Waals surface area (Å²) in [6.07, 6.45) is -1.06. The summed E-state index contributed by atoms with van der Waals surface area (Å²) >= 11 is 0. The number of hydrogen-bond donors (Lipinski definition) is 0. The summed E-state index contributed by atoms with van der Waals surface area (Å²) in [5.74, 6) is 0.756. The third-order valence-corrected chi connectivity index (χ3v) is 9.91. The van der Waals surface area contributed by atoms with Crippen molar-refractivity contribution in [3.8, 4) is 11.5 Å². The molecular weight excluding hydrogens is 546 g/mol.